The minimum absolute atomic E-state index is 0.0881. The van der Waals surface area contributed by atoms with E-state index in [0.29, 0.717) is 25.2 Å². The Hall–Kier alpha value is -2.86. The lowest BCUT2D eigenvalue weighted by molar-refractivity contribution is 0.0951. The first-order valence-corrected chi connectivity index (χ1v) is 10.3. The lowest BCUT2D eigenvalue weighted by atomic mass is 10.1. The summed E-state index contributed by atoms with van der Waals surface area (Å²) in [6, 6.07) is 13.7. The monoisotopic (exact) mass is 394 g/mol. The fourth-order valence-corrected chi connectivity index (χ4v) is 3.63. The molecular formula is C23H30N4O2. The van der Waals surface area contributed by atoms with Gasteiger partial charge in [0.2, 0.25) is 0 Å². The minimum Gasteiger partial charge on any atom is -0.348 e. The number of nitrogens with zero attached hydrogens (tertiary/aromatic N) is 2. The first-order valence-electron chi connectivity index (χ1n) is 10.3. The predicted molar refractivity (Wildman–Crippen MR) is 116 cm³/mol. The molecule has 6 heteroatoms. The molecule has 2 N–H and O–H groups in total. The molecule has 0 unspecified atom stereocenters. The van der Waals surface area contributed by atoms with Crippen molar-refractivity contribution in [3.8, 4) is 0 Å². The highest BCUT2D eigenvalue weighted by Gasteiger charge is 2.22. The van der Waals surface area contributed by atoms with Gasteiger partial charge in [0, 0.05) is 37.4 Å². The number of anilines is 1. The fraction of sp³-hybridized carbons (Fsp3) is 0.391. The van der Waals surface area contributed by atoms with E-state index in [1.54, 1.807) is 11.0 Å². The molecule has 0 saturated carbocycles. The summed E-state index contributed by atoms with van der Waals surface area (Å²) >= 11 is 0. The summed E-state index contributed by atoms with van der Waals surface area (Å²) in [7, 11) is 0. The summed E-state index contributed by atoms with van der Waals surface area (Å²) in [5.74, 6) is -0.111. The van der Waals surface area contributed by atoms with Crippen LogP contribution in [0.2, 0.25) is 0 Å². The fourth-order valence-electron chi connectivity index (χ4n) is 3.63. The zero-order valence-electron chi connectivity index (χ0n) is 17.5. The third-order valence-electron chi connectivity index (χ3n) is 5.35. The molecule has 2 aromatic rings. The number of benzene rings is 2. The second-order valence-electron chi connectivity index (χ2n) is 7.35. The topological polar surface area (TPSA) is 64.7 Å². The smallest absolute Gasteiger partial charge is 0.322 e. The van der Waals surface area contributed by atoms with Crippen molar-refractivity contribution in [3.63, 3.8) is 0 Å². The van der Waals surface area contributed by atoms with E-state index in [-0.39, 0.29) is 11.9 Å². The molecule has 1 aliphatic heterocycles. The predicted octanol–water partition coefficient (Wildman–Crippen LogP) is 3.30. The van der Waals surface area contributed by atoms with Crippen LogP contribution in [0.3, 0.4) is 0 Å². The van der Waals surface area contributed by atoms with Crippen LogP contribution in [0, 0.1) is 6.92 Å². The van der Waals surface area contributed by atoms with Gasteiger partial charge >= 0.3 is 6.03 Å². The van der Waals surface area contributed by atoms with Gasteiger partial charge in [-0.1, -0.05) is 38.1 Å². The highest BCUT2D eigenvalue weighted by Crippen LogP contribution is 2.23. The van der Waals surface area contributed by atoms with Gasteiger partial charge in [-0.3, -0.25) is 14.6 Å². The summed E-state index contributed by atoms with van der Waals surface area (Å²) in [4.78, 5) is 28.6. The van der Waals surface area contributed by atoms with Crippen molar-refractivity contribution in [2.75, 3.05) is 31.1 Å². The lowest BCUT2D eigenvalue weighted by Crippen LogP contribution is -2.28. The van der Waals surface area contributed by atoms with Crippen LogP contribution in [-0.2, 0) is 13.1 Å². The first-order chi connectivity index (χ1) is 14.0. The molecule has 6 nitrogen and oxygen atoms in total. The Morgan fingerprint density at radius 2 is 1.90 bits per heavy atom. The van der Waals surface area contributed by atoms with Gasteiger partial charge in [-0.05, 0) is 54.9 Å². The van der Waals surface area contributed by atoms with Crippen molar-refractivity contribution in [2.45, 2.75) is 33.9 Å². The second-order valence-corrected chi connectivity index (χ2v) is 7.35. The molecule has 2 aromatic carbocycles. The molecule has 1 fully saturated rings. The average molecular weight is 395 g/mol. The SMILES string of the molecule is CCN(CC)Cc1cccc(CNC(=O)c2ccc(N3CCNC3=O)c(C)c2)c1. The maximum absolute atomic E-state index is 12.6. The van der Waals surface area contributed by atoms with E-state index in [4.69, 9.17) is 0 Å². The average Bonchev–Trinajstić information content (AvgIpc) is 3.16. The number of urea groups is 1. The second kappa shape index (κ2) is 9.56. The highest BCUT2D eigenvalue weighted by molar-refractivity contribution is 5.97. The van der Waals surface area contributed by atoms with Crippen LogP contribution in [0.4, 0.5) is 10.5 Å². The van der Waals surface area contributed by atoms with Crippen molar-refractivity contribution in [1.82, 2.24) is 15.5 Å². The third kappa shape index (κ3) is 5.15. The van der Waals surface area contributed by atoms with Gasteiger partial charge in [0.25, 0.3) is 5.91 Å². The molecule has 0 radical (unpaired) electrons. The van der Waals surface area contributed by atoms with Crippen LogP contribution >= 0.6 is 0 Å². The van der Waals surface area contributed by atoms with E-state index in [1.165, 1.54) is 5.56 Å². The molecule has 1 saturated heterocycles. The van der Waals surface area contributed by atoms with Gasteiger partial charge in [-0.25, -0.2) is 4.79 Å². The van der Waals surface area contributed by atoms with Crippen LogP contribution < -0.4 is 15.5 Å². The Morgan fingerprint density at radius 1 is 1.14 bits per heavy atom. The Balaban J connectivity index is 1.62. The zero-order chi connectivity index (χ0) is 20.8. The van der Waals surface area contributed by atoms with Gasteiger partial charge in [-0.15, -0.1) is 0 Å². The summed E-state index contributed by atoms with van der Waals surface area (Å²) in [5, 5.41) is 5.80. The van der Waals surface area contributed by atoms with Crippen molar-refractivity contribution < 1.29 is 9.59 Å². The zero-order valence-corrected chi connectivity index (χ0v) is 17.5. The summed E-state index contributed by atoms with van der Waals surface area (Å²) < 4.78 is 0. The van der Waals surface area contributed by atoms with Gasteiger partial charge in [0.05, 0.1) is 0 Å². The van der Waals surface area contributed by atoms with Crippen LogP contribution in [-0.4, -0.2) is 43.0 Å². The number of hydrogen-bond acceptors (Lipinski definition) is 3. The minimum atomic E-state index is -0.111. The third-order valence-corrected chi connectivity index (χ3v) is 5.35. The van der Waals surface area contributed by atoms with E-state index in [9.17, 15) is 9.59 Å². The van der Waals surface area contributed by atoms with E-state index in [1.807, 2.05) is 31.2 Å². The summed E-state index contributed by atoms with van der Waals surface area (Å²) in [6.45, 7) is 11.0. The molecule has 0 spiro atoms. The Kier molecular flexibility index (Phi) is 6.88. The van der Waals surface area contributed by atoms with Crippen molar-refractivity contribution in [3.05, 3.63) is 64.7 Å². The van der Waals surface area contributed by atoms with E-state index >= 15 is 0 Å². The van der Waals surface area contributed by atoms with E-state index in [2.05, 4.69) is 41.5 Å². The number of rotatable bonds is 8. The molecule has 3 rings (SSSR count). The summed E-state index contributed by atoms with van der Waals surface area (Å²) in [6.07, 6.45) is 0. The number of hydrogen-bond donors (Lipinski definition) is 2. The quantitative estimate of drug-likeness (QED) is 0.722. The molecule has 29 heavy (non-hydrogen) atoms. The summed E-state index contributed by atoms with van der Waals surface area (Å²) in [5.41, 5.74) is 4.70. The maximum atomic E-state index is 12.6. The molecule has 1 aliphatic rings. The first kappa shape index (κ1) is 20.9. The van der Waals surface area contributed by atoms with Crippen LogP contribution in [0.25, 0.3) is 0 Å². The Bertz CT molecular complexity index is 877. The van der Waals surface area contributed by atoms with Crippen molar-refractivity contribution in [1.29, 1.82) is 0 Å². The van der Waals surface area contributed by atoms with Gasteiger partial charge < -0.3 is 10.6 Å². The van der Waals surface area contributed by atoms with Crippen LogP contribution in [0.1, 0.15) is 40.9 Å². The normalized spacial score (nSPS) is 13.7. The Morgan fingerprint density at radius 3 is 2.55 bits per heavy atom. The Labute approximate surface area is 172 Å². The number of carbonyl (C=O) groups excluding carboxylic acids is 2. The van der Waals surface area contributed by atoms with Crippen molar-refractivity contribution in [2.24, 2.45) is 0 Å². The molecule has 1 heterocycles. The number of carbonyl (C=O) groups is 2. The molecule has 0 aromatic heterocycles. The number of amides is 3. The maximum Gasteiger partial charge on any atom is 0.322 e. The van der Waals surface area contributed by atoms with E-state index in [0.717, 1.165) is 36.4 Å². The van der Waals surface area contributed by atoms with Crippen molar-refractivity contribution >= 4 is 17.6 Å². The number of aryl methyl sites for hydroxylation is 1. The van der Waals surface area contributed by atoms with E-state index < -0.39 is 0 Å². The highest BCUT2D eigenvalue weighted by atomic mass is 16.2. The van der Waals surface area contributed by atoms with Gasteiger partial charge in [0.15, 0.2) is 0 Å². The largest absolute Gasteiger partial charge is 0.348 e. The van der Waals surface area contributed by atoms with Crippen LogP contribution in [0.15, 0.2) is 42.5 Å². The standard InChI is InChI=1S/C23H30N4O2/c1-4-26(5-2)16-19-8-6-7-18(14-19)15-25-22(28)20-9-10-21(17(3)13-20)27-12-11-24-23(27)29/h6-10,13-14H,4-5,11-12,15-16H2,1-3H3,(H,24,29)(H,25,28). The lowest BCUT2D eigenvalue weighted by Gasteiger charge is -2.18. The van der Waals surface area contributed by atoms with Gasteiger partial charge in [-0.2, -0.15) is 0 Å². The molecule has 0 bridgehead atoms. The number of nitrogens with one attached hydrogen (secondary N) is 2. The van der Waals surface area contributed by atoms with Crippen LogP contribution in [0.5, 0.6) is 0 Å². The molecular weight excluding hydrogens is 364 g/mol. The van der Waals surface area contributed by atoms with Gasteiger partial charge in [0.1, 0.15) is 0 Å². The molecule has 3 amide bonds. The molecule has 0 aliphatic carbocycles. The molecule has 0 atom stereocenters. The molecule has 154 valence electrons.